The average Bonchev–Trinajstić information content (AvgIpc) is 2.58. The molecule has 1 heteroatoms. The Balaban J connectivity index is 0.000000829. The summed E-state index contributed by atoms with van der Waals surface area (Å²) in [6.07, 6.45) is 2.05. The average molecular weight is 289 g/mol. The van der Waals surface area contributed by atoms with E-state index in [1.54, 1.807) is 0 Å². The van der Waals surface area contributed by atoms with Crippen LogP contribution in [0.2, 0.25) is 0 Å². The van der Waals surface area contributed by atoms with E-state index in [1.165, 1.54) is 16.7 Å². The fourth-order valence-electron chi connectivity index (χ4n) is 1.71. The Morgan fingerprint density at radius 3 is 1.40 bits per heavy atom. The smallest absolute Gasteiger partial charge is 0.0413 e. The van der Waals surface area contributed by atoms with Gasteiger partial charge in [0, 0.05) is 5.88 Å². The standard InChI is InChI=1S/C15H13Cl.2C2H6/c16-12-11-15(13-7-3-1-4-8-13)14-9-5-2-6-10-14;2*1-2/h1-11H,12H2;2*1-2H3. The van der Waals surface area contributed by atoms with Gasteiger partial charge in [-0.2, -0.15) is 0 Å². The zero-order chi connectivity index (χ0) is 15.2. The van der Waals surface area contributed by atoms with Crippen LogP contribution in [-0.4, -0.2) is 5.88 Å². The molecule has 0 aliphatic carbocycles. The molecule has 0 saturated heterocycles. The number of hydrogen-bond donors (Lipinski definition) is 0. The first kappa shape index (κ1) is 18.5. The van der Waals surface area contributed by atoms with Crippen molar-refractivity contribution in [1.29, 1.82) is 0 Å². The van der Waals surface area contributed by atoms with Gasteiger partial charge in [-0.1, -0.05) is 94.4 Å². The topological polar surface area (TPSA) is 0 Å². The van der Waals surface area contributed by atoms with Gasteiger partial charge in [-0.25, -0.2) is 0 Å². The van der Waals surface area contributed by atoms with Gasteiger partial charge in [0.15, 0.2) is 0 Å². The van der Waals surface area contributed by atoms with Crippen molar-refractivity contribution in [2.45, 2.75) is 27.7 Å². The van der Waals surface area contributed by atoms with Crippen LogP contribution in [-0.2, 0) is 0 Å². The summed E-state index contributed by atoms with van der Waals surface area (Å²) in [6, 6.07) is 20.6. The lowest BCUT2D eigenvalue weighted by atomic mass is 9.98. The lowest BCUT2D eigenvalue weighted by Gasteiger charge is -2.07. The third kappa shape index (κ3) is 6.08. The SMILES string of the molecule is CC.CC.ClCC=C(c1ccccc1)c1ccccc1. The Bertz CT molecular complexity index is 416. The quantitative estimate of drug-likeness (QED) is 0.572. The van der Waals surface area contributed by atoms with Gasteiger partial charge in [-0.3, -0.25) is 0 Å². The molecular formula is C19H25Cl. The molecule has 2 aromatic rings. The van der Waals surface area contributed by atoms with Crippen LogP contribution < -0.4 is 0 Å². The van der Waals surface area contributed by atoms with Gasteiger partial charge in [-0.15, -0.1) is 11.6 Å². The van der Waals surface area contributed by atoms with Crippen LogP contribution in [0, 0.1) is 0 Å². The Kier molecular flexibility index (Phi) is 11.5. The normalized spacial score (nSPS) is 8.45. The molecular weight excluding hydrogens is 264 g/mol. The maximum absolute atomic E-state index is 5.82. The fraction of sp³-hybridized carbons (Fsp3) is 0.263. The monoisotopic (exact) mass is 288 g/mol. The van der Waals surface area contributed by atoms with Gasteiger partial charge in [0.1, 0.15) is 0 Å². The van der Waals surface area contributed by atoms with Crippen LogP contribution in [0.5, 0.6) is 0 Å². The maximum Gasteiger partial charge on any atom is 0.0413 e. The van der Waals surface area contributed by atoms with E-state index < -0.39 is 0 Å². The number of hydrogen-bond acceptors (Lipinski definition) is 0. The molecule has 0 aromatic heterocycles. The molecule has 0 radical (unpaired) electrons. The summed E-state index contributed by atoms with van der Waals surface area (Å²) in [5, 5.41) is 0. The summed E-state index contributed by atoms with van der Waals surface area (Å²) in [4.78, 5) is 0. The van der Waals surface area contributed by atoms with Crippen molar-refractivity contribution in [1.82, 2.24) is 0 Å². The van der Waals surface area contributed by atoms with Crippen LogP contribution in [0.4, 0.5) is 0 Å². The molecule has 0 aliphatic rings. The lowest BCUT2D eigenvalue weighted by Crippen LogP contribution is -1.87. The van der Waals surface area contributed by atoms with Crippen molar-refractivity contribution >= 4 is 17.2 Å². The molecule has 0 atom stereocenters. The van der Waals surface area contributed by atoms with Crippen LogP contribution >= 0.6 is 11.6 Å². The van der Waals surface area contributed by atoms with E-state index >= 15 is 0 Å². The highest BCUT2D eigenvalue weighted by molar-refractivity contribution is 6.19. The van der Waals surface area contributed by atoms with E-state index in [4.69, 9.17) is 11.6 Å². The second-order valence-corrected chi connectivity index (χ2v) is 3.81. The zero-order valence-corrected chi connectivity index (χ0v) is 13.7. The van der Waals surface area contributed by atoms with Crippen molar-refractivity contribution in [3.8, 4) is 0 Å². The van der Waals surface area contributed by atoms with E-state index in [9.17, 15) is 0 Å². The van der Waals surface area contributed by atoms with Crippen LogP contribution in [0.25, 0.3) is 5.57 Å². The summed E-state index contributed by atoms with van der Waals surface area (Å²) in [6.45, 7) is 8.00. The molecule has 0 saturated carbocycles. The Morgan fingerprint density at radius 2 is 1.10 bits per heavy atom. The van der Waals surface area contributed by atoms with Gasteiger partial charge in [0.25, 0.3) is 0 Å². The number of rotatable bonds is 3. The fourth-order valence-corrected chi connectivity index (χ4v) is 1.87. The molecule has 0 unspecified atom stereocenters. The third-order valence-corrected chi connectivity index (χ3v) is 2.61. The Morgan fingerprint density at radius 1 is 0.750 bits per heavy atom. The summed E-state index contributed by atoms with van der Waals surface area (Å²) in [5.41, 5.74) is 3.60. The molecule has 2 rings (SSSR count). The molecule has 108 valence electrons. The van der Waals surface area contributed by atoms with Crippen molar-refractivity contribution in [3.05, 3.63) is 77.9 Å². The van der Waals surface area contributed by atoms with Gasteiger partial charge in [0.05, 0.1) is 0 Å². The Hall–Kier alpha value is -1.53. The number of alkyl halides is 1. The van der Waals surface area contributed by atoms with Gasteiger partial charge < -0.3 is 0 Å². The molecule has 20 heavy (non-hydrogen) atoms. The first-order valence-electron chi connectivity index (χ1n) is 7.29. The number of allylic oxidation sites excluding steroid dienone is 1. The molecule has 0 nitrogen and oxygen atoms in total. The van der Waals surface area contributed by atoms with E-state index in [0.29, 0.717) is 5.88 Å². The molecule has 0 fully saturated rings. The zero-order valence-electron chi connectivity index (χ0n) is 12.9. The minimum Gasteiger partial charge on any atom is -0.122 e. The summed E-state index contributed by atoms with van der Waals surface area (Å²) >= 11 is 5.82. The van der Waals surface area contributed by atoms with Crippen molar-refractivity contribution in [2.75, 3.05) is 5.88 Å². The van der Waals surface area contributed by atoms with Crippen LogP contribution in [0.15, 0.2) is 66.7 Å². The van der Waals surface area contributed by atoms with Crippen LogP contribution in [0.3, 0.4) is 0 Å². The van der Waals surface area contributed by atoms with Crippen molar-refractivity contribution in [3.63, 3.8) is 0 Å². The van der Waals surface area contributed by atoms with Crippen molar-refractivity contribution in [2.24, 2.45) is 0 Å². The first-order chi connectivity index (χ1) is 9.92. The molecule has 0 bridgehead atoms. The Labute approximate surface area is 129 Å². The predicted molar refractivity (Wildman–Crippen MR) is 93.4 cm³/mol. The molecule has 0 spiro atoms. The minimum absolute atomic E-state index is 0.527. The molecule has 0 N–H and O–H groups in total. The highest BCUT2D eigenvalue weighted by Crippen LogP contribution is 2.22. The summed E-state index contributed by atoms with van der Waals surface area (Å²) in [7, 11) is 0. The maximum atomic E-state index is 5.82. The second-order valence-electron chi connectivity index (χ2n) is 3.50. The first-order valence-corrected chi connectivity index (χ1v) is 7.82. The second kappa shape index (κ2) is 12.5. The minimum atomic E-state index is 0.527. The van der Waals surface area contributed by atoms with E-state index in [1.807, 2.05) is 70.2 Å². The van der Waals surface area contributed by atoms with Gasteiger partial charge in [0.2, 0.25) is 0 Å². The molecule has 0 amide bonds. The number of benzene rings is 2. The lowest BCUT2D eigenvalue weighted by molar-refractivity contribution is 1.50. The molecule has 0 heterocycles. The summed E-state index contributed by atoms with van der Waals surface area (Å²) < 4.78 is 0. The number of halogens is 1. The van der Waals surface area contributed by atoms with E-state index in [0.717, 1.165) is 0 Å². The molecule has 0 aliphatic heterocycles. The highest BCUT2D eigenvalue weighted by Gasteiger charge is 2.02. The molecule has 2 aromatic carbocycles. The van der Waals surface area contributed by atoms with E-state index in [2.05, 4.69) is 24.3 Å². The van der Waals surface area contributed by atoms with E-state index in [-0.39, 0.29) is 0 Å². The summed E-state index contributed by atoms with van der Waals surface area (Å²) in [5.74, 6) is 0.527. The van der Waals surface area contributed by atoms with Crippen LogP contribution in [0.1, 0.15) is 38.8 Å². The third-order valence-electron chi connectivity index (χ3n) is 2.45. The largest absolute Gasteiger partial charge is 0.122 e. The van der Waals surface area contributed by atoms with Crippen molar-refractivity contribution < 1.29 is 0 Å². The highest BCUT2D eigenvalue weighted by atomic mass is 35.5. The van der Waals surface area contributed by atoms with Gasteiger partial charge >= 0.3 is 0 Å². The predicted octanol–water partition coefficient (Wildman–Crippen LogP) is 6.41. The van der Waals surface area contributed by atoms with Gasteiger partial charge in [-0.05, 0) is 16.7 Å².